The average Bonchev–Trinajstić information content (AvgIpc) is 2.39. The topological polar surface area (TPSA) is 92.4 Å². The molecule has 0 aromatic heterocycles. The van der Waals surface area contributed by atoms with E-state index in [0.29, 0.717) is 0 Å². The first-order chi connectivity index (χ1) is 9.04. The van der Waals surface area contributed by atoms with Gasteiger partial charge in [0.15, 0.2) is 0 Å². The third kappa shape index (κ3) is 4.82. The van der Waals surface area contributed by atoms with Crippen LogP contribution in [0.4, 0.5) is 0 Å². The monoisotopic (exact) mass is 260 g/mol. The minimum absolute atomic E-state index is 0.0729. The van der Waals surface area contributed by atoms with E-state index < -0.39 is 24.0 Å². The van der Waals surface area contributed by atoms with Crippen LogP contribution in [0.2, 0.25) is 0 Å². The predicted molar refractivity (Wildman–Crippen MR) is 71.1 cm³/mol. The number of nitrogens with two attached hydrogens (primary N) is 1. The molecule has 1 rings (SSSR count). The summed E-state index contributed by atoms with van der Waals surface area (Å²) in [6, 6.07) is 7.13. The molecule has 19 heavy (non-hydrogen) atoms. The fourth-order valence-electron chi connectivity index (χ4n) is 1.55. The minimum atomic E-state index is -1.11. The number of hydrogen-bond acceptors (Lipinski definition) is 3. The summed E-state index contributed by atoms with van der Waals surface area (Å²) in [5.74, 6) is 0.607. The Kier molecular flexibility index (Phi) is 5.58. The van der Waals surface area contributed by atoms with Crippen molar-refractivity contribution >= 4 is 11.9 Å². The maximum absolute atomic E-state index is 11.6. The lowest BCUT2D eigenvalue weighted by molar-refractivity contribution is -0.141. The van der Waals surface area contributed by atoms with Gasteiger partial charge in [0.1, 0.15) is 6.04 Å². The van der Waals surface area contributed by atoms with Gasteiger partial charge in [0.05, 0.1) is 6.04 Å². The molecule has 1 aromatic rings. The Morgan fingerprint density at radius 3 is 2.53 bits per heavy atom. The van der Waals surface area contributed by atoms with Crippen molar-refractivity contribution in [1.29, 1.82) is 0 Å². The van der Waals surface area contributed by atoms with Gasteiger partial charge in [-0.2, -0.15) is 0 Å². The highest BCUT2D eigenvalue weighted by atomic mass is 16.4. The summed E-state index contributed by atoms with van der Waals surface area (Å²) in [7, 11) is 0. The van der Waals surface area contributed by atoms with Gasteiger partial charge in [0.2, 0.25) is 5.91 Å². The predicted octanol–water partition coefficient (Wildman–Crippen LogP) is 0.149. The molecule has 5 nitrogen and oxygen atoms in total. The van der Waals surface area contributed by atoms with E-state index in [1.165, 1.54) is 0 Å². The number of terminal acetylenes is 1. The molecule has 0 aliphatic carbocycles. The summed E-state index contributed by atoms with van der Waals surface area (Å²) in [5.41, 5.74) is 6.34. The van der Waals surface area contributed by atoms with Crippen LogP contribution in [0.15, 0.2) is 30.3 Å². The zero-order valence-corrected chi connectivity index (χ0v) is 10.4. The second-order valence-electron chi connectivity index (χ2n) is 4.10. The molecule has 2 atom stereocenters. The summed E-state index contributed by atoms with van der Waals surface area (Å²) in [6.45, 7) is 0. The van der Waals surface area contributed by atoms with Gasteiger partial charge in [-0.3, -0.25) is 4.79 Å². The number of carboxylic acids is 1. The minimum Gasteiger partial charge on any atom is -0.480 e. The Morgan fingerprint density at radius 1 is 1.37 bits per heavy atom. The van der Waals surface area contributed by atoms with Gasteiger partial charge in [0, 0.05) is 12.8 Å². The number of amides is 1. The number of benzene rings is 1. The van der Waals surface area contributed by atoms with E-state index in [2.05, 4.69) is 11.2 Å². The summed E-state index contributed by atoms with van der Waals surface area (Å²) in [4.78, 5) is 22.8. The van der Waals surface area contributed by atoms with Crippen molar-refractivity contribution in [3.63, 3.8) is 0 Å². The Labute approximate surface area is 111 Å². The van der Waals surface area contributed by atoms with Gasteiger partial charge in [-0.05, 0) is 5.56 Å². The maximum Gasteiger partial charge on any atom is 0.326 e. The molecule has 4 N–H and O–H groups in total. The van der Waals surface area contributed by atoms with Crippen molar-refractivity contribution in [2.75, 3.05) is 0 Å². The van der Waals surface area contributed by atoms with Gasteiger partial charge >= 0.3 is 5.97 Å². The lowest BCUT2D eigenvalue weighted by Crippen LogP contribution is -2.49. The number of carbonyl (C=O) groups is 2. The summed E-state index contributed by atoms with van der Waals surface area (Å²) in [5, 5.41) is 11.5. The first kappa shape index (κ1) is 14.7. The van der Waals surface area contributed by atoms with Crippen molar-refractivity contribution in [3.05, 3.63) is 35.9 Å². The van der Waals surface area contributed by atoms with Gasteiger partial charge in [0.25, 0.3) is 0 Å². The average molecular weight is 260 g/mol. The highest BCUT2D eigenvalue weighted by Crippen LogP contribution is 2.04. The zero-order chi connectivity index (χ0) is 14.3. The molecular weight excluding hydrogens is 244 g/mol. The molecule has 100 valence electrons. The van der Waals surface area contributed by atoms with E-state index in [1.54, 1.807) is 24.3 Å². The summed E-state index contributed by atoms with van der Waals surface area (Å²) < 4.78 is 0. The molecule has 0 saturated carbocycles. The van der Waals surface area contributed by atoms with Gasteiger partial charge in [-0.1, -0.05) is 30.3 Å². The number of carbonyl (C=O) groups excluding carboxylic acids is 1. The molecule has 1 aromatic carbocycles. The molecule has 0 aliphatic heterocycles. The molecule has 2 unspecified atom stereocenters. The highest BCUT2D eigenvalue weighted by molar-refractivity contribution is 5.87. The van der Waals surface area contributed by atoms with Crippen LogP contribution in [0, 0.1) is 12.3 Å². The SMILES string of the molecule is C#CCC(N)C(=O)NC(Cc1ccccc1)C(=O)O. The standard InChI is InChI=1S/C14H16N2O3/c1-2-6-11(15)13(17)16-12(14(18)19)9-10-7-4-3-5-8-10/h1,3-5,7-8,11-12H,6,9,15H2,(H,16,17)(H,18,19). The number of aliphatic carboxylic acids is 1. The Bertz CT molecular complexity index is 479. The summed E-state index contributed by atoms with van der Waals surface area (Å²) >= 11 is 0. The molecule has 0 fully saturated rings. The largest absolute Gasteiger partial charge is 0.480 e. The van der Waals surface area contributed by atoms with Crippen LogP contribution in [0.1, 0.15) is 12.0 Å². The fourth-order valence-corrected chi connectivity index (χ4v) is 1.55. The van der Waals surface area contributed by atoms with E-state index in [4.69, 9.17) is 17.3 Å². The second-order valence-corrected chi connectivity index (χ2v) is 4.10. The fraction of sp³-hybridized carbons (Fsp3) is 0.286. The Morgan fingerprint density at radius 2 is 2.00 bits per heavy atom. The van der Waals surface area contributed by atoms with Crippen LogP contribution >= 0.6 is 0 Å². The molecule has 0 radical (unpaired) electrons. The normalized spacial score (nSPS) is 13.1. The molecule has 0 saturated heterocycles. The first-order valence-corrected chi connectivity index (χ1v) is 5.80. The van der Waals surface area contributed by atoms with Crippen LogP contribution in [0.3, 0.4) is 0 Å². The van der Waals surface area contributed by atoms with E-state index in [9.17, 15) is 9.59 Å². The van der Waals surface area contributed by atoms with Crippen molar-refractivity contribution in [2.24, 2.45) is 5.73 Å². The number of nitrogens with one attached hydrogen (secondary N) is 1. The van der Waals surface area contributed by atoms with Gasteiger partial charge in [-0.25, -0.2) is 4.79 Å². The quantitative estimate of drug-likeness (QED) is 0.635. The number of carboxylic acid groups (broad SMARTS) is 1. The first-order valence-electron chi connectivity index (χ1n) is 5.80. The van der Waals surface area contributed by atoms with Crippen molar-refractivity contribution in [2.45, 2.75) is 24.9 Å². The molecule has 0 bridgehead atoms. The third-order valence-electron chi connectivity index (χ3n) is 2.57. The maximum atomic E-state index is 11.6. The van der Waals surface area contributed by atoms with Crippen molar-refractivity contribution in [1.82, 2.24) is 5.32 Å². The van der Waals surface area contributed by atoms with Crippen molar-refractivity contribution < 1.29 is 14.7 Å². The van der Waals surface area contributed by atoms with E-state index in [-0.39, 0.29) is 12.8 Å². The van der Waals surface area contributed by atoms with Crippen LogP contribution in [-0.2, 0) is 16.0 Å². The lowest BCUT2D eigenvalue weighted by Gasteiger charge is -2.16. The Balaban J connectivity index is 2.67. The van der Waals surface area contributed by atoms with E-state index in [0.717, 1.165) is 5.56 Å². The summed E-state index contributed by atoms with van der Waals surface area (Å²) in [6.07, 6.45) is 5.33. The smallest absolute Gasteiger partial charge is 0.326 e. The van der Waals surface area contributed by atoms with Gasteiger partial charge < -0.3 is 16.2 Å². The lowest BCUT2D eigenvalue weighted by atomic mass is 10.1. The third-order valence-corrected chi connectivity index (χ3v) is 2.57. The van der Waals surface area contributed by atoms with Crippen LogP contribution in [0.25, 0.3) is 0 Å². The van der Waals surface area contributed by atoms with E-state index in [1.807, 2.05) is 6.07 Å². The molecular formula is C14H16N2O3. The number of hydrogen-bond donors (Lipinski definition) is 3. The second kappa shape index (κ2) is 7.19. The number of rotatable bonds is 6. The van der Waals surface area contributed by atoms with Gasteiger partial charge in [-0.15, -0.1) is 12.3 Å². The molecule has 0 heterocycles. The van der Waals surface area contributed by atoms with Crippen LogP contribution < -0.4 is 11.1 Å². The van der Waals surface area contributed by atoms with Crippen molar-refractivity contribution in [3.8, 4) is 12.3 Å². The highest BCUT2D eigenvalue weighted by Gasteiger charge is 2.23. The Hall–Kier alpha value is -2.32. The van der Waals surface area contributed by atoms with Crippen LogP contribution in [-0.4, -0.2) is 29.1 Å². The molecule has 1 amide bonds. The molecule has 5 heteroatoms. The van der Waals surface area contributed by atoms with E-state index >= 15 is 0 Å². The zero-order valence-electron chi connectivity index (χ0n) is 10.4. The molecule has 0 aliphatic rings. The van der Waals surface area contributed by atoms with Crippen LogP contribution in [0.5, 0.6) is 0 Å². The molecule has 0 spiro atoms.